The molecular weight excluding hydrogens is 256 g/mol. The van der Waals surface area contributed by atoms with Gasteiger partial charge in [0.1, 0.15) is 0 Å². The third kappa shape index (κ3) is 1.80. The van der Waals surface area contributed by atoms with E-state index < -0.39 is 0 Å². The predicted molar refractivity (Wildman–Crippen MR) is 84.8 cm³/mol. The summed E-state index contributed by atoms with van der Waals surface area (Å²) >= 11 is 0. The third-order valence-electron chi connectivity index (χ3n) is 6.73. The molecule has 0 heterocycles. The van der Waals surface area contributed by atoms with Gasteiger partial charge in [-0.3, -0.25) is 4.79 Å². The van der Waals surface area contributed by atoms with E-state index in [-0.39, 0.29) is 0 Å². The molecule has 0 aliphatic heterocycles. The van der Waals surface area contributed by atoms with Gasteiger partial charge in [-0.05, 0) is 85.0 Å². The van der Waals surface area contributed by atoms with E-state index in [2.05, 4.69) is 19.2 Å². The minimum Gasteiger partial charge on any atom is -0.295 e. The van der Waals surface area contributed by atoms with Gasteiger partial charge in [0.25, 0.3) is 0 Å². The lowest BCUT2D eigenvalue weighted by molar-refractivity contribution is -0.114. The van der Waals surface area contributed by atoms with Gasteiger partial charge in [0.2, 0.25) is 0 Å². The predicted octanol–water partition coefficient (Wildman–Crippen LogP) is 4.90. The van der Waals surface area contributed by atoms with Crippen LogP contribution in [0, 0.1) is 17.3 Å². The van der Waals surface area contributed by atoms with Crippen LogP contribution in [0.15, 0.2) is 40.7 Å². The maximum atomic E-state index is 11.7. The largest absolute Gasteiger partial charge is 0.295 e. The van der Waals surface area contributed by atoms with Gasteiger partial charge in [-0.2, -0.15) is 0 Å². The van der Waals surface area contributed by atoms with Crippen LogP contribution >= 0.6 is 0 Å². The Morgan fingerprint density at radius 1 is 1.19 bits per heavy atom. The highest BCUT2D eigenvalue weighted by Gasteiger charge is 2.51. The standard InChI is InChI=1S/C20H24O/c1-3-14-5-9-19-18-7-4-13-12-15(21)6-8-16(13)17(18)10-11-20(14,19)2/h12,18-19H,1,4-11H2,2H3/t18?,19?,20-/m1/s1. The molecule has 4 rings (SSSR count). The lowest BCUT2D eigenvalue weighted by Gasteiger charge is -2.47. The fraction of sp³-hybridized carbons (Fsp3) is 0.600. The van der Waals surface area contributed by atoms with Crippen molar-refractivity contribution in [2.45, 2.75) is 58.3 Å². The summed E-state index contributed by atoms with van der Waals surface area (Å²) < 4.78 is 0. The summed E-state index contributed by atoms with van der Waals surface area (Å²) in [7, 11) is 0. The van der Waals surface area contributed by atoms with Crippen molar-refractivity contribution in [3.8, 4) is 0 Å². The fourth-order valence-electron chi connectivity index (χ4n) is 5.64. The minimum absolute atomic E-state index is 0.339. The van der Waals surface area contributed by atoms with Gasteiger partial charge < -0.3 is 0 Å². The van der Waals surface area contributed by atoms with Crippen LogP contribution in [-0.2, 0) is 4.79 Å². The molecule has 110 valence electrons. The average molecular weight is 280 g/mol. The first-order valence-corrected chi connectivity index (χ1v) is 8.48. The van der Waals surface area contributed by atoms with Crippen LogP contribution < -0.4 is 0 Å². The van der Waals surface area contributed by atoms with Crippen molar-refractivity contribution in [1.82, 2.24) is 0 Å². The van der Waals surface area contributed by atoms with E-state index in [0.29, 0.717) is 11.2 Å². The van der Waals surface area contributed by atoms with E-state index in [1.54, 1.807) is 11.1 Å². The summed E-state index contributed by atoms with van der Waals surface area (Å²) in [5.41, 5.74) is 9.75. The topological polar surface area (TPSA) is 17.1 Å². The highest BCUT2D eigenvalue weighted by Crippen LogP contribution is 2.61. The summed E-state index contributed by atoms with van der Waals surface area (Å²) in [6.07, 6.45) is 11.0. The van der Waals surface area contributed by atoms with Crippen LogP contribution in [0.25, 0.3) is 0 Å². The van der Waals surface area contributed by atoms with Gasteiger partial charge in [-0.25, -0.2) is 0 Å². The van der Waals surface area contributed by atoms with Crippen molar-refractivity contribution in [2.24, 2.45) is 17.3 Å². The lowest BCUT2D eigenvalue weighted by Crippen LogP contribution is -2.37. The number of hydrogen-bond acceptors (Lipinski definition) is 1. The number of allylic oxidation sites excluding steroid dienone is 5. The number of hydrogen-bond donors (Lipinski definition) is 0. The van der Waals surface area contributed by atoms with E-state index >= 15 is 0 Å². The molecule has 0 bridgehead atoms. The maximum absolute atomic E-state index is 11.7. The second kappa shape index (κ2) is 4.58. The molecule has 4 aliphatic carbocycles. The third-order valence-corrected chi connectivity index (χ3v) is 6.73. The Labute approximate surface area is 127 Å². The monoisotopic (exact) mass is 280 g/mol. The number of ketones is 1. The molecule has 2 unspecified atom stereocenters. The molecular formula is C20H24O. The Kier molecular flexibility index (Phi) is 2.91. The number of carbonyl (C=O) groups is 1. The van der Waals surface area contributed by atoms with Crippen LogP contribution in [-0.4, -0.2) is 5.78 Å². The summed E-state index contributed by atoms with van der Waals surface area (Å²) in [5, 5.41) is 0. The molecule has 1 nitrogen and oxygen atoms in total. The molecule has 0 N–H and O–H groups in total. The molecule has 0 aromatic carbocycles. The van der Waals surface area contributed by atoms with Crippen LogP contribution in [0.5, 0.6) is 0 Å². The van der Waals surface area contributed by atoms with Crippen LogP contribution in [0.2, 0.25) is 0 Å². The first kappa shape index (κ1) is 13.3. The first-order valence-electron chi connectivity index (χ1n) is 8.48. The zero-order valence-electron chi connectivity index (χ0n) is 13.0. The molecule has 0 aromatic rings. The molecule has 0 aromatic heterocycles. The van der Waals surface area contributed by atoms with Crippen molar-refractivity contribution in [3.63, 3.8) is 0 Å². The molecule has 2 fully saturated rings. The van der Waals surface area contributed by atoms with Crippen LogP contribution in [0.3, 0.4) is 0 Å². The van der Waals surface area contributed by atoms with E-state index in [4.69, 9.17) is 0 Å². The summed E-state index contributed by atoms with van der Waals surface area (Å²) in [6.45, 7) is 6.39. The fourth-order valence-corrected chi connectivity index (χ4v) is 5.64. The van der Waals surface area contributed by atoms with Gasteiger partial charge in [0.15, 0.2) is 5.78 Å². The van der Waals surface area contributed by atoms with Crippen molar-refractivity contribution in [1.29, 1.82) is 0 Å². The van der Waals surface area contributed by atoms with Crippen molar-refractivity contribution in [2.75, 3.05) is 0 Å². The van der Waals surface area contributed by atoms with Gasteiger partial charge in [-0.15, -0.1) is 5.73 Å². The molecule has 2 saturated carbocycles. The molecule has 0 spiro atoms. The van der Waals surface area contributed by atoms with Crippen molar-refractivity contribution >= 4 is 5.78 Å². The Balaban J connectivity index is 1.76. The quantitative estimate of drug-likeness (QED) is 0.577. The zero-order valence-corrected chi connectivity index (χ0v) is 13.0. The Bertz CT molecular complexity index is 626. The highest BCUT2D eigenvalue weighted by molar-refractivity contribution is 5.93. The van der Waals surface area contributed by atoms with E-state index in [0.717, 1.165) is 31.1 Å². The molecule has 4 aliphatic rings. The van der Waals surface area contributed by atoms with E-state index in [1.807, 2.05) is 6.08 Å². The summed E-state index contributed by atoms with van der Waals surface area (Å²) in [4.78, 5) is 11.7. The SMILES string of the molecule is C=C=C1CCC2C3CCC4=CC(=O)CCC4=C3CC[C@]12C. The second-order valence-corrected chi connectivity index (χ2v) is 7.50. The summed E-state index contributed by atoms with van der Waals surface area (Å²) in [6, 6.07) is 0. The normalized spacial score (nSPS) is 38.4. The Morgan fingerprint density at radius 2 is 2.05 bits per heavy atom. The average Bonchev–Trinajstić information content (AvgIpc) is 2.83. The Morgan fingerprint density at radius 3 is 2.86 bits per heavy atom. The van der Waals surface area contributed by atoms with Gasteiger partial charge >= 0.3 is 0 Å². The molecule has 0 amide bonds. The van der Waals surface area contributed by atoms with Gasteiger partial charge in [-0.1, -0.05) is 19.1 Å². The highest BCUT2D eigenvalue weighted by atomic mass is 16.1. The van der Waals surface area contributed by atoms with Crippen molar-refractivity contribution < 1.29 is 4.79 Å². The Hall–Kier alpha value is -1.33. The molecule has 21 heavy (non-hydrogen) atoms. The van der Waals surface area contributed by atoms with Crippen LogP contribution in [0.4, 0.5) is 0 Å². The molecule has 3 atom stereocenters. The number of carbonyl (C=O) groups excluding carboxylic acids is 1. The lowest BCUT2D eigenvalue weighted by atomic mass is 9.57. The summed E-state index contributed by atoms with van der Waals surface area (Å²) in [5.74, 6) is 1.89. The van der Waals surface area contributed by atoms with Gasteiger partial charge in [0.05, 0.1) is 0 Å². The molecule has 0 radical (unpaired) electrons. The minimum atomic E-state index is 0.339. The number of fused-ring (bicyclic) bond motifs is 4. The second-order valence-electron chi connectivity index (χ2n) is 7.50. The maximum Gasteiger partial charge on any atom is 0.156 e. The van der Waals surface area contributed by atoms with E-state index in [1.165, 1.54) is 43.3 Å². The van der Waals surface area contributed by atoms with Crippen molar-refractivity contribution in [3.05, 3.63) is 40.7 Å². The van der Waals surface area contributed by atoms with E-state index in [9.17, 15) is 4.79 Å². The smallest absolute Gasteiger partial charge is 0.156 e. The number of rotatable bonds is 0. The van der Waals surface area contributed by atoms with Crippen LogP contribution in [0.1, 0.15) is 58.3 Å². The van der Waals surface area contributed by atoms with Gasteiger partial charge in [0, 0.05) is 6.42 Å². The molecule has 0 saturated heterocycles. The molecule has 1 heteroatoms. The first-order chi connectivity index (χ1) is 10.1. The zero-order chi connectivity index (χ0) is 14.6.